The van der Waals surface area contributed by atoms with Crippen LogP contribution in [0.25, 0.3) is 0 Å². The van der Waals surface area contributed by atoms with Gasteiger partial charge >= 0.3 is 0 Å². The molecule has 2 fully saturated rings. The van der Waals surface area contributed by atoms with Crippen LogP contribution in [0.1, 0.15) is 40.7 Å². The van der Waals surface area contributed by atoms with Crippen molar-refractivity contribution in [1.29, 1.82) is 0 Å². The van der Waals surface area contributed by atoms with E-state index in [1.54, 1.807) is 0 Å². The van der Waals surface area contributed by atoms with Crippen LogP contribution in [0.2, 0.25) is 0 Å². The first-order valence-corrected chi connectivity index (χ1v) is 9.84. The molecule has 0 unspecified atom stereocenters. The second-order valence-corrected chi connectivity index (χ2v) is 7.86. The van der Waals surface area contributed by atoms with Crippen molar-refractivity contribution in [3.8, 4) is 0 Å². The maximum Gasteiger partial charge on any atom is 0.253 e. The van der Waals surface area contributed by atoms with Gasteiger partial charge < -0.3 is 4.90 Å². The number of amides is 1. The lowest BCUT2D eigenvalue weighted by atomic mass is 9.98. The molecule has 3 nitrogen and oxygen atoms in total. The Morgan fingerprint density at radius 1 is 1.04 bits per heavy atom. The summed E-state index contributed by atoms with van der Waals surface area (Å²) in [6.07, 6.45) is 3.79. The molecule has 3 heteroatoms. The Kier molecular flexibility index (Phi) is 5.07. The molecular weight excluding hydrogens is 320 g/mol. The van der Waals surface area contributed by atoms with Crippen LogP contribution in [0.15, 0.2) is 54.6 Å². The number of carbonyl (C=O) groups is 1. The SMILES string of the molecule is Cc1cccc(CN2CCCC[C@H]3CN(C(=O)c4ccccc4)C[C@H]32)c1. The second-order valence-electron chi connectivity index (χ2n) is 7.86. The summed E-state index contributed by atoms with van der Waals surface area (Å²) in [5, 5.41) is 0. The number of rotatable bonds is 3. The molecule has 0 aliphatic carbocycles. The maximum absolute atomic E-state index is 12.9. The summed E-state index contributed by atoms with van der Waals surface area (Å²) in [5.41, 5.74) is 3.52. The fourth-order valence-corrected chi connectivity index (χ4v) is 4.61. The monoisotopic (exact) mass is 348 g/mol. The number of nitrogens with zero attached hydrogens (tertiary/aromatic N) is 2. The van der Waals surface area contributed by atoms with E-state index in [2.05, 4.69) is 41.0 Å². The van der Waals surface area contributed by atoms with Gasteiger partial charge in [0.05, 0.1) is 0 Å². The summed E-state index contributed by atoms with van der Waals surface area (Å²) in [5.74, 6) is 0.796. The molecule has 2 aromatic carbocycles. The van der Waals surface area contributed by atoms with Crippen LogP contribution in [0.4, 0.5) is 0 Å². The lowest BCUT2D eigenvalue weighted by Crippen LogP contribution is -2.40. The number of aryl methyl sites for hydroxylation is 1. The normalized spacial score (nSPS) is 23.5. The first-order valence-electron chi connectivity index (χ1n) is 9.84. The standard InChI is InChI=1S/C23H28N2O/c1-18-8-7-9-19(14-18)15-24-13-6-5-12-21-16-25(17-22(21)24)23(26)20-10-3-2-4-11-20/h2-4,7-11,14,21-22H,5-6,12-13,15-17H2,1H3/t21-,22+/m0/s1. The summed E-state index contributed by atoms with van der Waals surface area (Å²) in [6, 6.07) is 19.1. The Morgan fingerprint density at radius 3 is 2.69 bits per heavy atom. The molecule has 4 rings (SSSR count). The Labute approximate surface area is 156 Å². The summed E-state index contributed by atoms with van der Waals surface area (Å²) < 4.78 is 0. The smallest absolute Gasteiger partial charge is 0.253 e. The van der Waals surface area contributed by atoms with Gasteiger partial charge in [-0.2, -0.15) is 0 Å². The molecule has 0 saturated carbocycles. The number of fused-ring (bicyclic) bond motifs is 1. The summed E-state index contributed by atoms with van der Waals surface area (Å²) in [6.45, 7) is 6.07. The molecule has 2 aliphatic heterocycles. The molecule has 136 valence electrons. The number of carbonyl (C=O) groups excluding carboxylic acids is 1. The molecule has 0 spiro atoms. The minimum absolute atomic E-state index is 0.189. The molecule has 2 aliphatic rings. The number of benzene rings is 2. The second kappa shape index (κ2) is 7.63. The lowest BCUT2D eigenvalue weighted by Gasteiger charge is -2.30. The molecule has 1 amide bonds. The van der Waals surface area contributed by atoms with E-state index < -0.39 is 0 Å². The van der Waals surface area contributed by atoms with Crippen molar-refractivity contribution in [2.75, 3.05) is 19.6 Å². The largest absolute Gasteiger partial charge is 0.337 e. The Morgan fingerprint density at radius 2 is 1.88 bits per heavy atom. The van der Waals surface area contributed by atoms with Gasteiger partial charge in [-0.15, -0.1) is 0 Å². The van der Waals surface area contributed by atoms with Gasteiger partial charge in [-0.05, 0) is 49.9 Å². The van der Waals surface area contributed by atoms with Crippen molar-refractivity contribution in [3.63, 3.8) is 0 Å². The first-order chi connectivity index (χ1) is 12.7. The van der Waals surface area contributed by atoms with Crippen LogP contribution in [0.5, 0.6) is 0 Å². The van der Waals surface area contributed by atoms with Crippen molar-refractivity contribution in [3.05, 3.63) is 71.3 Å². The van der Waals surface area contributed by atoms with E-state index >= 15 is 0 Å². The Hall–Kier alpha value is -2.13. The molecule has 2 saturated heterocycles. The van der Waals surface area contributed by atoms with Crippen LogP contribution in [-0.2, 0) is 6.54 Å². The zero-order valence-corrected chi connectivity index (χ0v) is 15.6. The zero-order chi connectivity index (χ0) is 17.9. The Balaban J connectivity index is 1.50. The van der Waals surface area contributed by atoms with E-state index in [9.17, 15) is 4.79 Å². The average Bonchev–Trinajstić information content (AvgIpc) is 3.00. The van der Waals surface area contributed by atoms with Crippen LogP contribution in [0, 0.1) is 12.8 Å². The quantitative estimate of drug-likeness (QED) is 0.833. The zero-order valence-electron chi connectivity index (χ0n) is 15.6. The third-order valence-electron chi connectivity index (χ3n) is 5.92. The molecule has 0 bridgehead atoms. The predicted molar refractivity (Wildman–Crippen MR) is 105 cm³/mol. The lowest BCUT2D eigenvalue weighted by molar-refractivity contribution is 0.0773. The fraction of sp³-hybridized carbons (Fsp3) is 0.435. The van der Waals surface area contributed by atoms with E-state index in [1.165, 1.54) is 30.4 Å². The number of likely N-dealkylation sites (tertiary alicyclic amines) is 2. The fourth-order valence-electron chi connectivity index (χ4n) is 4.61. The van der Waals surface area contributed by atoms with E-state index in [4.69, 9.17) is 0 Å². The first kappa shape index (κ1) is 17.3. The molecule has 2 heterocycles. The Bertz CT molecular complexity index is 758. The van der Waals surface area contributed by atoms with Crippen LogP contribution in [-0.4, -0.2) is 41.4 Å². The highest BCUT2D eigenvalue weighted by Gasteiger charge is 2.39. The minimum atomic E-state index is 0.189. The van der Waals surface area contributed by atoms with Crippen molar-refractivity contribution in [1.82, 2.24) is 9.80 Å². The van der Waals surface area contributed by atoms with Crippen LogP contribution in [0.3, 0.4) is 0 Å². The molecule has 0 N–H and O–H groups in total. The summed E-state index contributed by atoms with van der Waals surface area (Å²) >= 11 is 0. The van der Waals surface area contributed by atoms with E-state index in [-0.39, 0.29) is 5.91 Å². The van der Waals surface area contributed by atoms with E-state index in [1.807, 2.05) is 30.3 Å². The van der Waals surface area contributed by atoms with Crippen molar-refractivity contribution >= 4 is 5.91 Å². The van der Waals surface area contributed by atoms with Gasteiger partial charge in [0.15, 0.2) is 0 Å². The third-order valence-corrected chi connectivity index (χ3v) is 5.92. The molecule has 2 atom stereocenters. The minimum Gasteiger partial charge on any atom is -0.337 e. The van der Waals surface area contributed by atoms with Gasteiger partial charge in [-0.1, -0.05) is 54.4 Å². The van der Waals surface area contributed by atoms with Gasteiger partial charge in [0, 0.05) is 31.2 Å². The van der Waals surface area contributed by atoms with Gasteiger partial charge in [0.2, 0.25) is 0 Å². The topological polar surface area (TPSA) is 23.6 Å². The highest BCUT2D eigenvalue weighted by atomic mass is 16.2. The summed E-state index contributed by atoms with van der Waals surface area (Å²) in [4.78, 5) is 17.6. The third kappa shape index (κ3) is 3.68. The van der Waals surface area contributed by atoms with Crippen molar-refractivity contribution < 1.29 is 4.79 Å². The van der Waals surface area contributed by atoms with Gasteiger partial charge in [-0.25, -0.2) is 0 Å². The number of hydrogen-bond acceptors (Lipinski definition) is 2. The number of hydrogen-bond donors (Lipinski definition) is 0. The highest BCUT2D eigenvalue weighted by molar-refractivity contribution is 5.94. The predicted octanol–water partition coefficient (Wildman–Crippen LogP) is 4.12. The molecule has 0 radical (unpaired) electrons. The molecule has 26 heavy (non-hydrogen) atoms. The molecule has 2 aromatic rings. The van der Waals surface area contributed by atoms with Gasteiger partial charge in [0.1, 0.15) is 0 Å². The van der Waals surface area contributed by atoms with Crippen LogP contribution >= 0.6 is 0 Å². The van der Waals surface area contributed by atoms with Crippen molar-refractivity contribution in [2.45, 2.75) is 38.8 Å². The van der Waals surface area contributed by atoms with Crippen LogP contribution < -0.4 is 0 Å². The highest BCUT2D eigenvalue weighted by Crippen LogP contribution is 2.31. The van der Waals surface area contributed by atoms with E-state index in [0.29, 0.717) is 12.0 Å². The van der Waals surface area contributed by atoms with Gasteiger partial charge in [0.25, 0.3) is 5.91 Å². The summed E-state index contributed by atoms with van der Waals surface area (Å²) in [7, 11) is 0. The molecule has 0 aromatic heterocycles. The van der Waals surface area contributed by atoms with Gasteiger partial charge in [-0.3, -0.25) is 9.69 Å². The van der Waals surface area contributed by atoms with E-state index in [0.717, 1.165) is 31.7 Å². The molecular formula is C23H28N2O. The van der Waals surface area contributed by atoms with Crippen molar-refractivity contribution in [2.24, 2.45) is 5.92 Å². The maximum atomic E-state index is 12.9. The average molecular weight is 348 g/mol.